The number of rotatable bonds is 56. The summed E-state index contributed by atoms with van der Waals surface area (Å²) in [6, 6.07) is 74.7. The van der Waals surface area contributed by atoms with Crippen LogP contribution in [0.1, 0.15) is 0 Å². The molecule has 0 aromatic heterocycles. The Morgan fingerprint density at radius 3 is 0.480 bits per heavy atom. The first kappa shape index (κ1) is 97.9. The first-order valence-corrected chi connectivity index (χ1v) is 41.9. The van der Waals surface area contributed by atoms with Crippen LogP contribution in [0.4, 0.5) is 45.5 Å². The van der Waals surface area contributed by atoms with Crippen molar-refractivity contribution in [2.45, 2.75) is 24.4 Å². The van der Waals surface area contributed by atoms with Gasteiger partial charge < -0.3 is 124 Å². The van der Waals surface area contributed by atoms with E-state index in [2.05, 4.69) is 85.1 Å². The zero-order valence-corrected chi connectivity index (χ0v) is 70.9. The minimum Gasteiger partial charge on any atom is -0.389 e. The van der Waals surface area contributed by atoms with Gasteiger partial charge in [0.1, 0.15) is 0 Å². The topological polar surface area (TPSA) is 514 Å². The number of ether oxygens (including phenoxy) is 4. The Kier molecular flexibility index (Phi) is 45.2. The molecular formula is C89H128N28O8. The van der Waals surface area contributed by atoms with E-state index in [-0.39, 0.29) is 127 Å². The second kappa shape index (κ2) is 57.7. The number of aliphatic hydroxyl groups excluding tert-OH is 4. The lowest BCUT2D eigenvalue weighted by Crippen LogP contribution is -2.47. The summed E-state index contributed by atoms with van der Waals surface area (Å²) in [4.78, 5) is 7.94. The van der Waals surface area contributed by atoms with Crippen molar-refractivity contribution in [3.63, 3.8) is 0 Å². The Morgan fingerprint density at radius 2 is 0.352 bits per heavy atom. The van der Waals surface area contributed by atoms with Gasteiger partial charge in [-0.2, -0.15) is 0 Å². The third kappa shape index (κ3) is 43.4. The minimum absolute atomic E-state index is 0.0776. The highest BCUT2D eigenvalue weighted by Crippen LogP contribution is 2.23. The zero-order chi connectivity index (χ0) is 88.6. The number of nitrogens with zero attached hydrogens (tertiary/aromatic N) is 4. The SMILES string of the molecule is N=C(NCCN(CCNC(=N)Nc1ccccc1)CC(O)COCC(COCC(O)CN(CCNC(=N)Nc1ccccc1)CCNC(=N)Nc1ccccc1)(COCC(O)CN(CCNC(=N)Nc1ccccc1)CCNC(=N)Nc1ccccc1)COCC(O)CN(CCNC(=N)Nc1ccccc1)CCNC(=N)Nc1ccccc1)Nc1ccccc1. The molecule has 8 rings (SSSR count). The molecule has 0 spiro atoms. The summed E-state index contributed by atoms with van der Waals surface area (Å²) >= 11 is 0. The van der Waals surface area contributed by atoms with Crippen molar-refractivity contribution in [3.8, 4) is 0 Å². The maximum atomic E-state index is 12.1. The van der Waals surface area contributed by atoms with Crippen LogP contribution < -0.4 is 85.1 Å². The molecule has 36 nitrogen and oxygen atoms in total. The van der Waals surface area contributed by atoms with Crippen LogP contribution >= 0.6 is 0 Å². The normalized spacial score (nSPS) is 12.5. The molecule has 28 N–H and O–H groups in total. The van der Waals surface area contributed by atoms with Gasteiger partial charge in [-0.05, 0) is 97.1 Å². The number of hydrogen-bond donors (Lipinski definition) is 28. The maximum absolute atomic E-state index is 12.1. The van der Waals surface area contributed by atoms with E-state index < -0.39 is 29.8 Å². The van der Waals surface area contributed by atoms with Gasteiger partial charge in [0.15, 0.2) is 47.7 Å². The molecule has 0 aliphatic rings. The lowest BCUT2D eigenvalue weighted by atomic mass is 9.92. The van der Waals surface area contributed by atoms with Crippen LogP contribution in [0, 0.1) is 48.7 Å². The highest BCUT2D eigenvalue weighted by atomic mass is 16.5. The monoisotopic (exact) mass is 1720 g/mol. The molecule has 8 aromatic rings. The van der Waals surface area contributed by atoms with Crippen LogP contribution in [0.2, 0.25) is 0 Å². The smallest absolute Gasteiger partial charge is 0.192 e. The average Bonchev–Trinajstić information content (AvgIpc) is 0.856. The lowest BCUT2D eigenvalue weighted by Gasteiger charge is -2.35. The molecule has 0 bridgehead atoms. The van der Waals surface area contributed by atoms with Crippen molar-refractivity contribution in [1.82, 2.24) is 62.1 Å². The molecule has 125 heavy (non-hydrogen) atoms. The van der Waals surface area contributed by atoms with E-state index >= 15 is 0 Å². The van der Waals surface area contributed by atoms with Crippen molar-refractivity contribution in [2.75, 3.05) is 226 Å². The van der Waals surface area contributed by atoms with E-state index in [1.165, 1.54) is 0 Å². The second-order valence-corrected chi connectivity index (χ2v) is 29.7. The first-order valence-electron chi connectivity index (χ1n) is 41.9. The number of benzene rings is 8. The predicted octanol–water partition coefficient (Wildman–Crippen LogP) is 5.78. The van der Waals surface area contributed by atoms with Gasteiger partial charge >= 0.3 is 0 Å². The van der Waals surface area contributed by atoms with Gasteiger partial charge in [0.2, 0.25) is 0 Å². The van der Waals surface area contributed by atoms with Gasteiger partial charge in [-0.3, -0.25) is 62.9 Å². The Labute approximate surface area is 733 Å². The van der Waals surface area contributed by atoms with Gasteiger partial charge in [0.25, 0.3) is 0 Å². The molecule has 0 aliphatic carbocycles. The molecule has 0 saturated carbocycles. The zero-order valence-electron chi connectivity index (χ0n) is 70.9. The minimum atomic E-state index is -1.31. The number of hydrogen-bond acceptors (Lipinski definition) is 20. The Bertz CT molecular complexity index is 3560. The van der Waals surface area contributed by atoms with Crippen molar-refractivity contribution < 1.29 is 39.4 Å². The van der Waals surface area contributed by atoms with Crippen LogP contribution in [0.15, 0.2) is 243 Å². The molecule has 672 valence electrons. The number of guanidine groups is 8. The number of para-hydroxylation sites is 8. The van der Waals surface area contributed by atoms with E-state index in [1.54, 1.807) is 0 Å². The van der Waals surface area contributed by atoms with Crippen LogP contribution in [0.3, 0.4) is 0 Å². The summed E-state index contributed by atoms with van der Waals surface area (Å²) in [6.45, 7) is 4.07. The molecule has 4 atom stereocenters. The van der Waals surface area contributed by atoms with E-state index in [0.717, 1.165) is 45.5 Å². The molecule has 4 unspecified atom stereocenters. The average molecular weight is 1720 g/mol. The second-order valence-electron chi connectivity index (χ2n) is 29.7. The Hall–Kier alpha value is -12.6. The number of aliphatic hydroxyl groups is 4. The fourth-order valence-corrected chi connectivity index (χ4v) is 12.9. The van der Waals surface area contributed by atoms with Crippen LogP contribution in [-0.2, 0) is 18.9 Å². The fraction of sp³-hybridized carbons (Fsp3) is 0.371. The molecule has 8 aromatic carbocycles. The highest BCUT2D eigenvalue weighted by molar-refractivity contribution is 5.95. The third-order valence-electron chi connectivity index (χ3n) is 18.9. The van der Waals surface area contributed by atoms with E-state index in [1.807, 2.05) is 262 Å². The molecule has 0 saturated heterocycles. The summed E-state index contributed by atoms with van der Waals surface area (Å²) in [7, 11) is 0. The predicted molar refractivity (Wildman–Crippen MR) is 502 cm³/mol. The summed E-state index contributed by atoms with van der Waals surface area (Å²) in [6.07, 6.45) is -4.48. The molecule has 0 fully saturated rings. The van der Waals surface area contributed by atoms with Gasteiger partial charge in [0, 0.05) is 176 Å². The number of nitrogens with one attached hydrogen (secondary N) is 24. The number of anilines is 8. The highest BCUT2D eigenvalue weighted by Gasteiger charge is 2.35. The maximum Gasteiger partial charge on any atom is 0.192 e. The van der Waals surface area contributed by atoms with Crippen LogP contribution in [0.5, 0.6) is 0 Å². The van der Waals surface area contributed by atoms with Gasteiger partial charge in [-0.1, -0.05) is 146 Å². The molecule has 0 heterocycles. The van der Waals surface area contributed by atoms with Crippen molar-refractivity contribution in [2.24, 2.45) is 5.41 Å². The van der Waals surface area contributed by atoms with E-state index in [9.17, 15) is 20.4 Å². The molecule has 0 amide bonds. The molecule has 0 aliphatic heterocycles. The summed E-state index contributed by atoms with van der Waals surface area (Å²) in [5, 5.41) is 167. The fourth-order valence-electron chi connectivity index (χ4n) is 12.9. The Morgan fingerprint density at radius 1 is 0.224 bits per heavy atom. The van der Waals surface area contributed by atoms with E-state index in [0.29, 0.717) is 105 Å². The quantitative estimate of drug-likeness (QED) is 0.0159. The largest absolute Gasteiger partial charge is 0.389 e. The Balaban J connectivity index is 1.03. The summed E-state index contributed by atoms with van der Waals surface area (Å²) in [5.41, 5.74) is 4.56. The standard InChI is InChI=1S/C89H128N28O8/c90-81(106-69-25-9-1-10-26-69)98-41-49-114(50-42-99-82(91)107-70-27-11-2-12-28-70)57-77(118)61-122-65-89(66-123-62-78(119)58-115(51-43-100-83(92)108-71-29-13-3-14-30-71)52-44-101-84(93)109-72-31-15-4-16-32-72,67-124-63-79(120)59-116(53-45-102-85(94)110-73-33-17-5-18-34-73)54-46-103-86(95)111-74-35-19-6-20-36-74)68-125-64-80(121)60-117(55-47-104-87(96)112-75-37-21-7-22-38-75)56-48-105-88(97)113-76-39-23-8-24-40-76/h1-40,77-80,118-121H,41-68H2,(H3,90,98,106)(H3,91,99,107)(H3,92,100,108)(H3,93,101,109)(H3,94,102,110)(H3,95,103,111)(H3,96,104,112)(H3,97,105,113). The summed E-state index contributed by atoms with van der Waals surface area (Å²) < 4.78 is 26.5. The molecular weight excluding hydrogens is 1590 g/mol. The van der Waals surface area contributed by atoms with E-state index in [4.69, 9.17) is 62.2 Å². The molecule has 0 radical (unpaired) electrons. The third-order valence-corrected chi connectivity index (χ3v) is 18.9. The van der Waals surface area contributed by atoms with Crippen LogP contribution in [0.25, 0.3) is 0 Å². The first-order chi connectivity index (χ1) is 60.8. The van der Waals surface area contributed by atoms with Crippen LogP contribution in [-0.4, -0.2) is 296 Å². The van der Waals surface area contributed by atoms with Crippen molar-refractivity contribution in [1.29, 1.82) is 43.3 Å². The van der Waals surface area contributed by atoms with Crippen molar-refractivity contribution in [3.05, 3.63) is 243 Å². The van der Waals surface area contributed by atoms with Gasteiger partial charge in [-0.15, -0.1) is 0 Å². The molecule has 36 heteroatoms. The lowest BCUT2D eigenvalue weighted by molar-refractivity contribution is -0.134. The van der Waals surface area contributed by atoms with Crippen molar-refractivity contribution >= 4 is 93.2 Å². The van der Waals surface area contributed by atoms with Gasteiger partial charge in [-0.25, -0.2) is 0 Å². The van der Waals surface area contributed by atoms with Gasteiger partial charge in [0.05, 0.1) is 82.7 Å². The summed E-state index contributed by atoms with van der Waals surface area (Å²) in [5.74, 6) is 0.621.